The van der Waals surface area contributed by atoms with Crippen LogP contribution in [0, 0.1) is 24.0 Å². The molecule has 1 heterocycles. The molecule has 1 N–H and O–H groups in total. The third-order valence-electron chi connectivity index (χ3n) is 3.74. The number of nitrogens with zero attached hydrogens (tertiary/aromatic N) is 2. The fraction of sp³-hybridized carbons (Fsp3) is 0.438. The van der Waals surface area contributed by atoms with Gasteiger partial charge in [0.1, 0.15) is 5.82 Å². The number of nitro benzene ring substituents is 1. The fourth-order valence-electron chi connectivity index (χ4n) is 2.52. The quantitative estimate of drug-likeness (QED) is 0.662. The van der Waals surface area contributed by atoms with Crippen molar-refractivity contribution < 1.29 is 4.92 Å². The summed E-state index contributed by atoms with van der Waals surface area (Å²) in [7, 11) is 0. The largest absolute Gasteiger partial charge is 0.370 e. The van der Waals surface area contributed by atoms with Gasteiger partial charge in [-0.2, -0.15) is 0 Å². The van der Waals surface area contributed by atoms with Gasteiger partial charge in [-0.25, -0.2) is 4.98 Å². The van der Waals surface area contributed by atoms with Crippen molar-refractivity contribution in [1.82, 2.24) is 4.98 Å². The Morgan fingerprint density at radius 2 is 2.00 bits per heavy atom. The van der Waals surface area contributed by atoms with Crippen molar-refractivity contribution >= 4 is 22.4 Å². The molecule has 5 heteroatoms. The summed E-state index contributed by atoms with van der Waals surface area (Å²) in [4.78, 5) is 15.5. The van der Waals surface area contributed by atoms with E-state index in [1.807, 2.05) is 13.0 Å². The Hall–Kier alpha value is -2.17. The summed E-state index contributed by atoms with van der Waals surface area (Å²) in [5.74, 6) is 0.892. The second kappa shape index (κ2) is 6.08. The number of hydrogen-bond donors (Lipinski definition) is 1. The highest BCUT2D eigenvalue weighted by molar-refractivity contribution is 5.90. The summed E-state index contributed by atoms with van der Waals surface area (Å²) < 4.78 is 0. The number of benzene rings is 1. The number of fused-ring (bicyclic) bond motifs is 1. The van der Waals surface area contributed by atoms with Crippen molar-refractivity contribution in [3.63, 3.8) is 0 Å². The minimum atomic E-state index is -0.323. The normalized spacial score (nSPS) is 10.9. The molecule has 2 rings (SSSR count). The molecule has 0 aliphatic rings. The number of hydrogen-bond acceptors (Lipinski definition) is 4. The number of pyridine rings is 1. The Morgan fingerprint density at radius 1 is 1.29 bits per heavy atom. The lowest BCUT2D eigenvalue weighted by Gasteiger charge is -2.13. The van der Waals surface area contributed by atoms with Crippen molar-refractivity contribution in [2.24, 2.45) is 0 Å². The summed E-state index contributed by atoms with van der Waals surface area (Å²) >= 11 is 0. The molecule has 1 aromatic carbocycles. The SMILES string of the molecule is CCCNc1nc2c(C)cc([N+](=O)[O-])c(C)c2cc1CC. The number of nitro groups is 1. The second-order valence-corrected chi connectivity index (χ2v) is 5.27. The van der Waals surface area contributed by atoms with Crippen molar-refractivity contribution in [2.45, 2.75) is 40.5 Å². The first kappa shape index (κ1) is 15.2. The molecule has 0 atom stereocenters. The predicted molar refractivity (Wildman–Crippen MR) is 86.0 cm³/mol. The maximum atomic E-state index is 11.2. The van der Waals surface area contributed by atoms with Gasteiger partial charge in [-0.15, -0.1) is 0 Å². The highest BCUT2D eigenvalue weighted by Gasteiger charge is 2.18. The van der Waals surface area contributed by atoms with Crippen LogP contribution < -0.4 is 5.32 Å². The van der Waals surface area contributed by atoms with Crippen LogP contribution in [-0.2, 0) is 6.42 Å². The van der Waals surface area contributed by atoms with Crippen LogP contribution in [0.4, 0.5) is 11.5 Å². The van der Waals surface area contributed by atoms with Crippen LogP contribution in [0.5, 0.6) is 0 Å². The fourth-order valence-corrected chi connectivity index (χ4v) is 2.52. The van der Waals surface area contributed by atoms with Gasteiger partial charge in [0.05, 0.1) is 10.4 Å². The van der Waals surface area contributed by atoms with E-state index in [2.05, 4.69) is 19.2 Å². The standard InChI is InChI=1S/C16H21N3O2/c1-5-7-17-16-12(6-2)9-13-11(4)14(19(20)21)8-10(3)15(13)18-16/h8-9H,5-7H2,1-4H3,(H,17,18). The van der Waals surface area contributed by atoms with Crippen molar-refractivity contribution in [3.8, 4) is 0 Å². The van der Waals surface area contributed by atoms with Crippen molar-refractivity contribution in [2.75, 3.05) is 11.9 Å². The molecule has 0 unspecified atom stereocenters. The number of aryl methyl sites for hydroxylation is 3. The Balaban J connectivity index is 2.71. The highest BCUT2D eigenvalue weighted by atomic mass is 16.6. The van der Waals surface area contributed by atoms with Crippen LogP contribution in [0.3, 0.4) is 0 Å². The van der Waals surface area contributed by atoms with Gasteiger partial charge in [0.25, 0.3) is 5.69 Å². The van der Waals surface area contributed by atoms with E-state index in [9.17, 15) is 10.1 Å². The Kier molecular flexibility index (Phi) is 4.40. The molecule has 0 spiro atoms. The smallest absolute Gasteiger partial charge is 0.273 e. The zero-order valence-corrected chi connectivity index (χ0v) is 13.0. The lowest BCUT2D eigenvalue weighted by Crippen LogP contribution is -2.06. The second-order valence-electron chi connectivity index (χ2n) is 5.27. The van der Waals surface area contributed by atoms with Crippen molar-refractivity contribution in [1.29, 1.82) is 0 Å². The first-order valence-corrected chi connectivity index (χ1v) is 7.31. The molecule has 0 bridgehead atoms. The van der Waals surface area contributed by atoms with Gasteiger partial charge in [-0.1, -0.05) is 13.8 Å². The minimum absolute atomic E-state index is 0.165. The molecular formula is C16H21N3O2. The molecule has 0 fully saturated rings. The van der Waals surface area contributed by atoms with Crippen LogP contribution in [-0.4, -0.2) is 16.5 Å². The first-order valence-electron chi connectivity index (χ1n) is 7.31. The molecule has 112 valence electrons. The van der Waals surface area contributed by atoms with E-state index in [4.69, 9.17) is 4.98 Å². The van der Waals surface area contributed by atoms with Gasteiger partial charge in [0.15, 0.2) is 0 Å². The lowest BCUT2D eigenvalue weighted by molar-refractivity contribution is -0.385. The average Bonchev–Trinajstić information content (AvgIpc) is 2.47. The lowest BCUT2D eigenvalue weighted by atomic mass is 10.0. The first-order chi connectivity index (χ1) is 9.99. The monoisotopic (exact) mass is 287 g/mol. The zero-order chi connectivity index (χ0) is 15.6. The molecule has 2 aromatic rings. The van der Waals surface area contributed by atoms with Crippen molar-refractivity contribution in [3.05, 3.63) is 38.9 Å². The topological polar surface area (TPSA) is 68.1 Å². The molecule has 0 aliphatic carbocycles. The van der Waals surface area contributed by atoms with Gasteiger partial charge in [0, 0.05) is 23.6 Å². The molecule has 0 amide bonds. The summed E-state index contributed by atoms with van der Waals surface area (Å²) in [5, 5.41) is 15.4. The van der Waals surface area contributed by atoms with Crippen LogP contribution in [0.2, 0.25) is 0 Å². The third kappa shape index (κ3) is 2.82. The Bertz CT molecular complexity index is 696. The van der Waals surface area contributed by atoms with Gasteiger partial charge in [0.2, 0.25) is 0 Å². The summed E-state index contributed by atoms with van der Waals surface area (Å²) in [5.41, 5.74) is 3.63. The van der Waals surface area contributed by atoms with Crippen LogP contribution in [0.25, 0.3) is 10.9 Å². The zero-order valence-electron chi connectivity index (χ0n) is 13.0. The number of anilines is 1. The molecule has 5 nitrogen and oxygen atoms in total. The van der Waals surface area contributed by atoms with E-state index in [1.165, 1.54) is 0 Å². The van der Waals surface area contributed by atoms with E-state index < -0.39 is 0 Å². The molecule has 21 heavy (non-hydrogen) atoms. The van der Waals surface area contributed by atoms with Gasteiger partial charge in [-0.3, -0.25) is 10.1 Å². The number of nitrogens with one attached hydrogen (secondary N) is 1. The summed E-state index contributed by atoms with van der Waals surface area (Å²) in [6.07, 6.45) is 1.87. The summed E-state index contributed by atoms with van der Waals surface area (Å²) in [6.45, 7) is 8.71. The van der Waals surface area contributed by atoms with Gasteiger partial charge < -0.3 is 5.32 Å². The number of aromatic nitrogens is 1. The minimum Gasteiger partial charge on any atom is -0.370 e. The number of rotatable bonds is 5. The molecule has 0 saturated carbocycles. The Morgan fingerprint density at radius 3 is 2.57 bits per heavy atom. The average molecular weight is 287 g/mol. The van der Waals surface area contributed by atoms with Crippen LogP contribution >= 0.6 is 0 Å². The van der Waals surface area contributed by atoms with Gasteiger partial charge in [-0.05, 0) is 43.9 Å². The summed E-state index contributed by atoms with van der Waals surface area (Å²) in [6, 6.07) is 3.65. The third-order valence-corrected chi connectivity index (χ3v) is 3.74. The van der Waals surface area contributed by atoms with E-state index in [-0.39, 0.29) is 10.6 Å². The molecule has 0 radical (unpaired) electrons. The van der Waals surface area contributed by atoms with Crippen LogP contribution in [0.1, 0.15) is 37.0 Å². The molecule has 0 aliphatic heterocycles. The van der Waals surface area contributed by atoms with E-state index in [0.717, 1.165) is 47.2 Å². The Labute approximate surface area is 124 Å². The maximum absolute atomic E-state index is 11.2. The highest BCUT2D eigenvalue weighted by Crippen LogP contribution is 2.32. The van der Waals surface area contributed by atoms with E-state index in [1.54, 1.807) is 13.0 Å². The molecule has 0 saturated heterocycles. The van der Waals surface area contributed by atoms with E-state index in [0.29, 0.717) is 5.56 Å². The van der Waals surface area contributed by atoms with E-state index >= 15 is 0 Å². The predicted octanol–water partition coefficient (Wildman–Crippen LogP) is 4.14. The molecule has 1 aromatic heterocycles. The maximum Gasteiger partial charge on any atom is 0.273 e. The van der Waals surface area contributed by atoms with Gasteiger partial charge >= 0.3 is 0 Å². The van der Waals surface area contributed by atoms with Crippen LogP contribution in [0.15, 0.2) is 12.1 Å². The molecular weight excluding hydrogens is 266 g/mol.